The van der Waals surface area contributed by atoms with Gasteiger partial charge in [-0.25, -0.2) is 9.97 Å². The zero-order chi connectivity index (χ0) is 24.1. The number of carbonyl (C=O) groups excluding carboxylic acids is 1. The molecular formula is C24H21N5O3S2. The fourth-order valence-corrected chi connectivity index (χ4v) is 5.07. The Hall–Kier alpha value is -3.68. The van der Waals surface area contributed by atoms with E-state index in [1.165, 1.54) is 11.3 Å². The Kier molecular flexibility index (Phi) is 7.25. The Morgan fingerprint density at radius 2 is 2.03 bits per heavy atom. The van der Waals surface area contributed by atoms with Crippen molar-refractivity contribution in [1.29, 1.82) is 5.26 Å². The van der Waals surface area contributed by atoms with Crippen molar-refractivity contribution in [3.8, 4) is 23.1 Å². The number of aromatic nitrogens is 3. The summed E-state index contributed by atoms with van der Waals surface area (Å²) in [5.41, 5.74) is 1.13. The van der Waals surface area contributed by atoms with Crippen molar-refractivity contribution in [1.82, 2.24) is 15.0 Å². The molecule has 2 aromatic carbocycles. The Bertz CT molecular complexity index is 1430. The van der Waals surface area contributed by atoms with E-state index in [4.69, 9.17) is 4.74 Å². The van der Waals surface area contributed by atoms with Gasteiger partial charge in [-0.3, -0.25) is 9.59 Å². The van der Waals surface area contributed by atoms with Crippen LogP contribution in [0.3, 0.4) is 0 Å². The van der Waals surface area contributed by atoms with Gasteiger partial charge >= 0.3 is 0 Å². The van der Waals surface area contributed by atoms with Crippen molar-refractivity contribution in [2.24, 2.45) is 0 Å². The molecule has 0 saturated carbocycles. The average molecular weight is 492 g/mol. The lowest BCUT2D eigenvalue weighted by Gasteiger charge is -2.13. The highest BCUT2D eigenvalue weighted by atomic mass is 32.2. The summed E-state index contributed by atoms with van der Waals surface area (Å²) in [6.07, 6.45) is 0.500. The van der Waals surface area contributed by atoms with Gasteiger partial charge in [-0.2, -0.15) is 5.26 Å². The van der Waals surface area contributed by atoms with E-state index >= 15 is 0 Å². The predicted molar refractivity (Wildman–Crippen MR) is 134 cm³/mol. The lowest BCUT2D eigenvalue weighted by atomic mass is 10.1. The minimum Gasteiger partial charge on any atom is -0.494 e. The maximum absolute atomic E-state index is 13.0. The number of anilines is 1. The smallest absolute Gasteiger partial charge is 0.270 e. The molecule has 0 unspecified atom stereocenters. The number of aromatic amines is 1. The Balaban J connectivity index is 1.56. The molecule has 0 bridgehead atoms. The molecule has 0 radical (unpaired) electrons. The van der Waals surface area contributed by atoms with Crippen LogP contribution < -0.4 is 15.6 Å². The van der Waals surface area contributed by atoms with E-state index in [1.54, 1.807) is 12.1 Å². The van der Waals surface area contributed by atoms with E-state index in [1.807, 2.05) is 56.3 Å². The molecule has 2 N–H and O–H groups in total. The molecule has 0 aliphatic carbocycles. The lowest BCUT2D eigenvalue weighted by Crippen LogP contribution is -2.25. The fraction of sp³-hybridized carbons (Fsp3) is 0.208. The maximum Gasteiger partial charge on any atom is 0.270 e. The van der Waals surface area contributed by atoms with E-state index in [0.717, 1.165) is 27.7 Å². The first-order chi connectivity index (χ1) is 16.5. The molecule has 0 aliphatic rings. The SMILES string of the molecule is CCOc1ccc2nc(NC(=O)[C@@H](CC)Sc3nc(-c4ccccc4)c(C#N)c(=O)[nH]3)sc2c1. The van der Waals surface area contributed by atoms with E-state index in [0.29, 0.717) is 29.4 Å². The van der Waals surface area contributed by atoms with Crippen LogP contribution in [-0.4, -0.2) is 32.7 Å². The zero-order valence-electron chi connectivity index (χ0n) is 18.5. The van der Waals surface area contributed by atoms with Gasteiger partial charge in [0.15, 0.2) is 10.3 Å². The number of H-pyrrole nitrogens is 1. The molecule has 0 fully saturated rings. The van der Waals surface area contributed by atoms with E-state index in [-0.39, 0.29) is 16.6 Å². The molecule has 0 aliphatic heterocycles. The number of hydrogen-bond donors (Lipinski definition) is 2. The summed E-state index contributed by atoms with van der Waals surface area (Å²) in [4.78, 5) is 37.1. The maximum atomic E-state index is 13.0. The van der Waals surface area contributed by atoms with E-state index < -0.39 is 10.8 Å². The van der Waals surface area contributed by atoms with Crippen LogP contribution in [0.4, 0.5) is 5.13 Å². The van der Waals surface area contributed by atoms with Crippen molar-refractivity contribution in [2.45, 2.75) is 30.7 Å². The van der Waals surface area contributed by atoms with Crippen LogP contribution >= 0.6 is 23.1 Å². The molecule has 34 heavy (non-hydrogen) atoms. The quantitative estimate of drug-likeness (QED) is 0.268. The van der Waals surface area contributed by atoms with Crippen LogP contribution in [0.1, 0.15) is 25.8 Å². The van der Waals surface area contributed by atoms with Crippen molar-refractivity contribution >= 4 is 44.4 Å². The molecule has 0 spiro atoms. The lowest BCUT2D eigenvalue weighted by molar-refractivity contribution is -0.115. The molecule has 0 saturated heterocycles. The number of carbonyl (C=O) groups is 1. The highest BCUT2D eigenvalue weighted by Crippen LogP contribution is 2.31. The Morgan fingerprint density at radius 3 is 2.74 bits per heavy atom. The number of nitrogens with one attached hydrogen (secondary N) is 2. The molecule has 1 atom stereocenters. The first-order valence-electron chi connectivity index (χ1n) is 10.6. The summed E-state index contributed by atoms with van der Waals surface area (Å²) in [6, 6.07) is 16.6. The summed E-state index contributed by atoms with van der Waals surface area (Å²) in [5.74, 6) is 0.508. The van der Waals surface area contributed by atoms with Crippen LogP contribution in [0.25, 0.3) is 21.5 Å². The molecule has 2 aromatic heterocycles. The standard InChI is InChI=1S/C24H21N5O3S2/c1-3-18(22(31)29-23-26-17-11-10-15(32-4-2)12-19(17)34-23)33-24-27-20(14-8-6-5-7-9-14)16(13-25)21(30)28-24/h5-12,18H,3-4H2,1-2H3,(H,26,29,31)(H,27,28,30)/t18-/m1/s1. The molecule has 4 rings (SSSR count). The summed E-state index contributed by atoms with van der Waals surface area (Å²) in [5, 5.41) is 12.6. The zero-order valence-corrected chi connectivity index (χ0v) is 20.1. The highest BCUT2D eigenvalue weighted by Gasteiger charge is 2.22. The fourth-order valence-electron chi connectivity index (χ4n) is 3.27. The number of rotatable bonds is 8. The molecule has 8 nitrogen and oxygen atoms in total. The number of nitriles is 1. The molecule has 10 heteroatoms. The number of benzene rings is 2. The van der Waals surface area contributed by atoms with Crippen molar-refractivity contribution in [3.05, 3.63) is 64.4 Å². The normalized spacial score (nSPS) is 11.7. The van der Waals surface area contributed by atoms with Crippen LogP contribution in [0.5, 0.6) is 5.75 Å². The van der Waals surface area contributed by atoms with Gasteiger partial charge in [0.2, 0.25) is 5.91 Å². The number of fused-ring (bicyclic) bond motifs is 1. The van der Waals surface area contributed by atoms with Crippen molar-refractivity contribution in [2.75, 3.05) is 11.9 Å². The molecular weight excluding hydrogens is 470 g/mol. The largest absolute Gasteiger partial charge is 0.494 e. The third kappa shape index (κ3) is 5.11. The first kappa shape index (κ1) is 23.5. The van der Waals surface area contributed by atoms with Gasteiger partial charge in [-0.05, 0) is 31.5 Å². The third-order valence-corrected chi connectivity index (χ3v) is 7.06. The number of nitrogens with zero attached hydrogens (tertiary/aromatic N) is 3. The van der Waals surface area contributed by atoms with Gasteiger partial charge in [0, 0.05) is 5.56 Å². The van der Waals surface area contributed by atoms with Gasteiger partial charge in [-0.15, -0.1) is 0 Å². The summed E-state index contributed by atoms with van der Waals surface area (Å²) < 4.78 is 6.44. The van der Waals surface area contributed by atoms with Crippen LogP contribution in [-0.2, 0) is 4.79 Å². The number of hydrogen-bond acceptors (Lipinski definition) is 8. The summed E-state index contributed by atoms with van der Waals surface area (Å²) in [7, 11) is 0. The number of thioether (sulfide) groups is 1. The van der Waals surface area contributed by atoms with E-state index in [9.17, 15) is 14.9 Å². The highest BCUT2D eigenvalue weighted by molar-refractivity contribution is 8.00. The molecule has 172 valence electrons. The summed E-state index contributed by atoms with van der Waals surface area (Å²) in [6.45, 7) is 4.37. The number of amides is 1. The van der Waals surface area contributed by atoms with Gasteiger partial charge in [-0.1, -0.05) is 60.4 Å². The van der Waals surface area contributed by atoms with Crippen LogP contribution in [0.15, 0.2) is 58.5 Å². The molecule has 4 aromatic rings. The van der Waals surface area contributed by atoms with E-state index in [2.05, 4.69) is 20.3 Å². The predicted octanol–water partition coefficient (Wildman–Crippen LogP) is 4.83. The second-order valence-electron chi connectivity index (χ2n) is 7.16. The van der Waals surface area contributed by atoms with Crippen molar-refractivity contribution < 1.29 is 9.53 Å². The summed E-state index contributed by atoms with van der Waals surface area (Å²) >= 11 is 2.51. The molecule has 2 heterocycles. The van der Waals surface area contributed by atoms with Crippen LogP contribution in [0.2, 0.25) is 0 Å². The first-order valence-corrected chi connectivity index (χ1v) is 12.3. The Morgan fingerprint density at radius 1 is 1.24 bits per heavy atom. The third-order valence-electron chi connectivity index (χ3n) is 4.87. The minimum absolute atomic E-state index is 0.0612. The van der Waals surface area contributed by atoms with Gasteiger partial charge in [0.25, 0.3) is 5.56 Å². The van der Waals surface area contributed by atoms with Gasteiger partial charge < -0.3 is 15.0 Å². The van der Waals surface area contributed by atoms with Gasteiger partial charge in [0.1, 0.15) is 17.4 Å². The monoisotopic (exact) mass is 491 g/mol. The van der Waals surface area contributed by atoms with Gasteiger partial charge in [0.05, 0.1) is 27.8 Å². The second kappa shape index (κ2) is 10.5. The minimum atomic E-state index is -0.537. The topological polar surface area (TPSA) is 121 Å². The second-order valence-corrected chi connectivity index (χ2v) is 9.38. The van der Waals surface area contributed by atoms with Crippen LogP contribution in [0, 0.1) is 11.3 Å². The number of thiazole rings is 1. The molecule has 1 amide bonds. The number of ether oxygens (including phenoxy) is 1. The average Bonchev–Trinajstić information content (AvgIpc) is 3.24. The van der Waals surface area contributed by atoms with Crippen molar-refractivity contribution in [3.63, 3.8) is 0 Å². The Labute approximate surface area is 204 Å².